The van der Waals surface area contributed by atoms with Crippen LogP contribution in [0.25, 0.3) is 0 Å². The van der Waals surface area contributed by atoms with Crippen molar-refractivity contribution in [2.45, 2.75) is 45.1 Å². The summed E-state index contributed by atoms with van der Waals surface area (Å²) in [5, 5.41) is 2.67. The van der Waals surface area contributed by atoms with Gasteiger partial charge >= 0.3 is 0 Å². The first-order chi connectivity index (χ1) is 9.08. The van der Waals surface area contributed by atoms with Gasteiger partial charge in [0.25, 0.3) is 0 Å². The lowest BCUT2D eigenvalue weighted by Gasteiger charge is -2.20. The van der Waals surface area contributed by atoms with E-state index < -0.39 is 5.82 Å². The molecule has 2 rings (SSSR count). The molecule has 0 aliphatic heterocycles. The molecule has 1 aliphatic rings. The molecule has 1 aromatic rings. The summed E-state index contributed by atoms with van der Waals surface area (Å²) >= 11 is 0. The van der Waals surface area contributed by atoms with E-state index in [1.165, 1.54) is 6.07 Å². The minimum atomic E-state index is -0.393. The molecule has 2 unspecified atom stereocenters. The lowest BCUT2D eigenvalue weighted by atomic mass is 9.94. The van der Waals surface area contributed by atoms with Gasteiger partial charge in [0.1, 0.15) is 5.82 Å². The lowest BCUT2D eigenvalue weighted by molar-refractivity contribution is -0.120. The van der Waals surface area contributed by atoms with Gasteiger partial charge in [0.05, 0.1) is 11.6 Å². The van der Waals surface area contributed by atoms with E-state index >= 15 is 0 Å². The van der Waals surface area contributed by atoms with Crippen molar-refractivity contribution in [3.05, 3.63) is 29.6 Å². The second kappa shape index (κ2) is 6.15. The van der Waals surface area contributed by atoms with Crippen LogP contribution in [-0.4, -0.2) is 11.9 Å². The fourth-order valence-electron chi connectivity index (χ4n) is 2.61. The molecule has 0 saturated heterocycles. The summed E-state index contributed by atoms with van der Waals surface area (Å²) in [6, 6.07) is 4.69. The number of benzene rings is 1. The highest BCUT2D eigenvalue weighted by atomic mass is 19.1. The number of halogens is 1. The molecule has 2 atom stereocenters. The molecule has 1 fully saturated rings. The van der Waals surface area contributed by atoms with Crippen LogP contribution in [0.3, 0.4) is 0 Å². The molecular weight excluding hydrogens is 243 g/mol. The molecule has 0 radical (unpaired) electrons. The predicted molar refractivity (Wildman–Crippen MR) is 74.3 cm³/mol. The van der Waals surface area contributed by atoms with Crippen molar-refractivity contribution in [1.29, 1.82) is 0 Å². The third-order valence-corrected chi connectivity index (χ3v) is 3.79. The van der Waals surface area contributed by atoms with Crippen LogP contribution in [0.5, 0.6) is 0 Å². The van der Waals surface area contributed by atoms with Crippen LogP contribution < -0.4 is 11.1 Å². The Morgan fingerprint density at radius 1 is 1.32 bits per heavy atom. The zero-order valence-corrected chi connectivity index (χ0v) is 11.3. The number of nitrogens with two attached hydrogens (primary N) is 1. The second-order valence-corrected chi connectivity index (χ2v) is 5.38. The number of carbonyl (C=O) groups excluding carboxylic acids is 1. The first-order valence-corrected chi connectivity index (χ1v) is 6.90. The maximum absolute atomic E-state index is 13.7. The van der Waals surface area contributed by atoms with Gasteiger partial charge in [-0.05, 0) is 37.5 Å². The van der Waals surface area contributed by atoms with E-state index in [0.29, 0.717) is 0 Å². The van der Waals surface area contributed by atoms with Crippen molar-refractivity contribution >= 4 is 11.6 Å². The smallest absolute Gasteiger partial charge is 0.229 e. The van der Waals surface area contributed by atoms with Crippen molar-refractivity contribution in [2.24, 2.45) is 11.7 Å². The van der Waals surface area contributed by atoms with Gasteiger partial charge in [-0.1, -0.05) is 25.3 Å². The zero-order valence-electron chi connectivity index (χ0n) is 11.3. The van der Waals surface area contributed by atoms with E-state index in [0.717, 1.165) is 37.7 Å². The van der Waals surface area contributed by atoms with Crippen molar-refractivity contribution in [3.8, 4) is 0 Å². The minimum Gasteiger partial charge on any atom is -0.327 e. The van der Waals surface area contributed by atoms with E-state index in [-0.39, 0.29) is 23.6 Å². The number of hydrogen-bond donors (Lipinski definition) is 2. The SMILES string of the molecule is Cc1ccc(NC(=O)C2CCCCCC2N)c(F)c1. The molecule has 0 heterocycles. The Labute approximate surface area is 113 Å². The summed E-state index contributed by atoms with van der Waals surface area (Å²) < 4.78 is 13.7. The van der Waals surface area contributed by atoms with Crippen LogP contribution in [0.15, 0.2) is 18.2 Å². The van der Waals surface area contributed by atoms with Gasteiger partial charge in [0.2, 0.25) is 5.91 Å². The average Bonchev–Trinajstić information content (AvgIpc) is 2.57. The van der Waals surface area contributed by atoms with Gasteiger partial charge in [0, 0.05) is 6.04 Å². The average molecular weight is 264 g/mol. The number of carbonyl (C=O) groups is 1. The summed E-state index contributed by atoms with van der Waals surface area (Å²) in [5.74, 6) is -0.754. The fourth-order valence-corrected chi connectivity index (χ4v) is 2.61. The molecule has 3 nitrogen and oxygen atoms in total. The number of nitrogens with one attached hydrogen (secondary N) is 1. The largest absolute Gasteiger partial charge is 0.327 e. The first kappa shape index (κ1) is 14.0. The van der Waals surface area contributed by atoms with Gasteiger partial charge in [0.15, 0.2) is 0 Å². The topological polar surface area (TPSA) is 55.1 Å². The van der Waals surface area contributed by atoms with Crippen LogP contribution in [0.4, 0.5) is 10.1 Å². The molecule has 0 bridgehead atoms. The van der Waals surface area contributed by atoms with Crippen LogP contribution in [0.2, 0.25) is 0 Å². The Morgan fingerprint density at radius 3 is 2.79 bits per heavy atom. The Balaban J connectivity index is 2.07. The molecule has 0 spiro atoms. The summed E-state index contributed by atoms with van der Waals surface area (Å²) in [6.45, 7) is 1.82. The predicted octanol–water partition coefficient (Wildman–Crippen LogP) is 2.98. The number of aryl methyl sites for hydroxylation is 1. The minimum absolute atomic E-state index is 0.115. The van der Waals surface area contributed by atoms with Gasteiger partial charge in [-0.15, -0.1) is 0 Å². The van der Waals surface area contributed by atoms with Crippen LogP contribution >= 0.6 is 0 Å². The third-order valence-electron chi connectivity index (χ3n) is 3.79. The molecule has 3 N–H and O–H groups in total. The van der Waals surface area contributed by atoms with Crippen molar-refractivity contribution < 1.29 is 9.18 Å². The van der Waals surface area contributed by atoms with E-state index in [4.69, 9.17) is 5.73 Å². The summed E-state index contributed by atoms with van der Waals surface area (Å²) in [4.78, 5) is 12.2. The highest BCUT2D eigenvalue weighted by Crippen LogP contribution is 2.24. The lowest BCUT2D eigenvalue weighted by Crippen LogP contribution is -2.37. The molecular formula is C15H21FN2O. The summed E-state index contributed by atoms with van der Waals surface area (Å²) in [6.07, 6.45) is 4.87. The molecule has 19 heavy (non-hydrogen) atoms. The number of rotatable bonds is 2. The third kappa shape index (κ3) is 3.53. The summed E-state index contributed by atoms with van der Waals surface area (Å²) in [7, 11) is 0. The van der Waals surface area contributed by atoms with Crippen molar-refractivity contribution in [3.63, 3.8) is 0 Å². The quantitative estimate of drug-likeness (QED) is 0.807. The zero-order chi connectivity index (χ0) is 13.8. The highest BCUT2D eigenvalue weighted by molar-refractivity contribution is 5.93. The van der Waals surface area contributed by atoms with Gasteiger partial charge in [-0.2, -0.15) is 0 Å². The van der Waals surface area contributed by atoms with Crippen LogP contribution in [0, 0.1) is 18.7 Å². The standard InChI is InChI=1S/C15H21FN2O/c1-10-7-8-14(12(16)9-10)18-15(19)11-5-3-2-4-6-13(11)17/h7-9,11,13H,2-6,17H2,1H3,(H,18,19). The molecule has 1 amide bonds. The van der Waals surface area contributed by atoms with Gasteiger partial charge < -0.3 is 11.1 Å². The van der Waals surface area contributed by atoms with Crippen molar-refractivity contribution in [1.82, 2.24) is 0 Å². The number of hydrogen-bond acceptors (Lipinski definition) is 2. The van der Waals surface area contributed by atoms with Crippen molar-refractivity contribution in [2.75, 3.05) is 5.32 Å². The first-order valence-electron chi connectivity index (χ1n) is 6.90. The molecule has 1 saturated carbocycles. The molecule has 104 valence electrons. The van der Waals surface area contributed by atoms with E-state index in [9.17, 15) is 9.18 Å². The Kier molecular flexibility index (Phi) is 4.53. The molecule has 0 aromatic heterocycles. The monoisotopic (exact) mass is 264 g/mol. The molecule has 1 aromatic carbocycles. The normalized spacial score (nSPS) is 23.7. The number of anilines is 1. The fraction of sp³-hybridized carbons (Fsp3) is 0.533. The number of amides is 1. The van der Waals surface area contributed by atoms with E-state index in [2.05, 4.69) is 5.32 Å². The second-order valence-electron chi connectivity index (χ2n) is 5.38. The van der Waals surface area contributed by atoms with E-state index in [1.807, 2.05) is 6.92 Å². The maximum atomic E-state index is 13.7. The molecule has 1 aliphatic carbocycles. The van der Waals surface area contributed by atoms with Gasteiger partial charge in [-0.25, -0.2) is 4.39 Å². The van der Waals surface area contributed by atoms with Crippen LogP contribution in [0.1, 0.15) is 37.7 Å². The summed E-state index contributed by atoms with van der Waals surface area (Å²) in [5.41, 5.74) is 7.12. The Bertz CT molecular complexity index is 461. The maximum Gasteiger partial charge on any atom is 0.229 e. The highest BCUT2D eigenvalue weighted by Gasteiger charge is 2.27. The van der Waals surface area contributed by atoms with Crippen LogP contribution in [-0.2, 0) is 4.79 Å². The van der Waals surface area contributed by atoms with E-state index in [1.54, 1.807) is 12.1 Å². The Hall–Kier alpha value is -1.42. The van der Waals surface area contributed by atoms with Gasteiger partial charge in [-0.3, -0.25) is 4.79 Å². The Morgan fingerprint density at radius 2 is 2.05 bits per heavy atom. The molecule has 4 heteroatoms.